The van der Waals surface area contributed by atoms with Crippen LogP contribution in [-0.2, 0) is 0 Å². The van der Waals surface area contributed by atoms with Crippen LogP contribution in [0, 0.1) is 0 Å². The van der Waals surface area contributed by atoms with Crippen molar-refractivity contribution in [3.63, 3.8) is 0 Å². The molecule has 6 aromatic heterocycles. The second-order valence-corrected chi connectivity index (χ2v) is 34.6. The van der Waals surface area contributed by atoms with Gasteiger partial charge in [0.15, 0.2) is 11.6 Å². The second kappa shape index (κ2) is 28.0. The van der Waals surface area contributed by atoms with E-state index in [4.69, 9.17) is 19.9 Å². The summed E-state index contributed by atoms with van der Waals surface area (Å²) in [6.07, 6.45) is 0. The summed E-state index contributed by atoms with van der Waals surface area (Å²) in [4.78, 5) is 21.4. The van der Waals surface area contributed by atoms with Gasteiger partial charge >= 0.3 is 0 Å². The lowest BCUT2D eigenvalue weighted by Crippen LogP contribution is -1.99. The molecule has 1 aliphatic carbocycles. The van der Waals surface area contributed by atoms with Gasteiger partial charge in [-0.25, -0.2) is 19.9 Å². The van der Waals surface area contributed by atoms with Gasteiger partial charge in [-0.2, -0.15) is 0 Å². The van der Waals surface area contributed by atoms with Gasteiger partial charge in [-0.3, -0.25) is 0 Å². The van der Waals surface area contributed by atoms with Crippen LogP contribution in [0.5, 0.6) is 0 Å². The molecule has 22 aromatic carbocycles. The average molecular weight is 1650 g/mol. The van der Waals surface area contributed by atoms with Crippen molar-refractivity contribution in [2.75, 3.05) is 0 Å². The molecule has 0 saturated heterocycles. The van der Waals surface area contributed by atoms with Crippen LogP contribution in [0.3, 0.4) is 0 Å². The molecule has 28 aromatic rings. The molecule has 0 fully saturated rings. The summed E-state index contributed by atoms with van der Waals surface area (Å²) in [5.41, 5.74) is 27.0. The minimum Gasteiger partial charge on any atom is -0.309 e. The zero-order valence-corrected chi connectivity index (χ0v) is 70.1. The first kappa shape index (κ1) is 71.9. The first-order valence-corrected chi connectivity index (χ1v) is 44.6. The van der Waals surface area contributed by atoms with Gasteiger partial charge in [-0.05, 0) is 226 Å². The lowest BCUT2D eigenvalue weighted by Gasteiger charge is -2.16. The molecule has 600 valence electrons. The van der Waals surface area contributed by atoms with Crippen molar-refractivity contribution in [3.05, 3.63) is 437 Å². The minimum atomic E-state index is 0.700. The summed E-state index contributed by atoms with van der Waals surface area (Å²) >= 11 is 0. The van der Waals surface area contributed by atoms with Gasteiger partial charge in [-0.15, -0.1) is 0 Å². The topological polar surface area (TPSA) is 71.3 Å². The molecule has 1 aliphatic rings. The van der Waals surface area contributed by atoms with Crippen molar-refractivity contribution >= 4 is 184 Å². The monoisotopic (exact) mass is 1650 g/mol. The van der Waals surface area contributed by atoms with Crippen LogP contribution >= 0.6 is 0 Å². The van der Waals surface area contributed by atoms with Crippen LogP contribution in [-0.4, -0.2) is 38.2 Å². The van der Waals surface area contributed by atoms with Crippen LogP contribution in [0.1, 0.15) is 0 Å². The highest BCUT2D eigenvalue weighted by Gasteiger charge is 2.28. The van der Waals surface area contributed by atoms with Crippen LogP contribution in [0.15, 0.2) is 437 Å². The summed E-state index contributed by atoms with van der Waals surface area (Å²) in [6.45, 7) is 0. The van der Waals surface area contributed by atoms with E-state index in [2.05, 4.69) is 455 Å². The first-order chi connectivity index (χ1) is 64.5. The van der Waals surface area contributed by atoms with E-state index in [1.165, 1.54) is 163 Å². The predicted molar refractivity (Wildman–Crippen MR) is 545 cm³/mol. The van der Waals surface area contributed by atoms with Crippen molar-refractivity contribution in [3.8, 4) is 90.3 Å². The van der Waals surface area contributed by atoms with Gasteiger partial charge in [-0.1, -0.05) is 303 Å². The summed E-state index contributed by atoms with van der Waals surface area (Å²) < 4.78 is 9.73. The number of hydrogen-bond acceptors (Lipinski definition) is 4. The minimum absolute atomic E-state index is 0.700. The zero-order chi connectivity index (χ0) is 84.9. The second-order valence-electron chi connectivity index (χ2n) is 34.6. The van der Waals surface area contributed by atoms with Crippen molar-refractivity contribution < 1.29 is 0 Å². The van der Waals surface area contributed by atoms with Crippen LogP contribution in [0.25, 0.3) is 275 Å². The molecule has 0 spiro atoms. The Balaban J connectivity index is 0.000000131. The lowest BCUT2D eigenvalue weighted by molar-refractivity contribution is 1.17. The Kier molecular flexibility index (Phi) is 15.5. The number of fused-ring (bicyclic) bond motifs is 26. The smallest absolute Gasteiger partial charge is 0.161 e. The van der Waals surface area contributed by atoms with E-state index >= 15 is 0 Å². The van der Waals surface area contributed by atoms with Gasteiger partial charge < -0.3 is 18.3 Å². The van der Waals surface area contributed by atoms with Crippen LogP contribution in [0.2, 0.25) is 0 Å². The Morgan fingerprint density at radius 2 is 0.562 bits per heavy atom. The van der Waals surface area contributed by atoms with E-state index in [1.807, 2.05) is 0 Å². The van der Waals surface area contributed by atoms with Crippen molar-refractivity contribution in [2.24, 2.45) is 0 Å². The molecular weight excluding hydrogens is 1580 g/mol. The number of nitrogens with zero attached hydrogens (tertiary/aromatic N) is 8. The maximum atomic E-state index is 5.54. The number of rotatable bonds is 8. The molecule has 0 atom stereocenters. The van der Waals surface area contributed by atoms with E-state index in [0.717, 1.165) is 100 Å². The Morgan fingerprint density at radius 3 is 1.20 bits per heavy atom. The molecule has 0 N–H and O–H groups in total. The van der Waals surface area contributed by atoms with E-state index in [1.54, 1.807) is 0 Å². The maximum Gasteiger partial charge on any atom is 0.161 e. The van der Waals surface area contributed by atoms with Gasteiger partial charge in [0, 0.05) is 92.9 Å². The molecule has 8 heteroatoms. The Labute approximate surface area is 744 Å². The fourth-order valence-corrected chi connectivity index (χ4v) is 22.0. The Hall–Kier alpha value is -17.5. The fourth-order valence-electron chi connectivity index (χ4n) is 22.0. The molecule has 0 unspecified atom stereocenters. The third kappa shape index (κ3) is 10.7. The molecule has 29 rings (SSSR count). The number of benzene rings is 22. The SMILES string of the molecule is c1ccc2c(c1)-c1cccc3c(-c4nc(-c5ccc(-n6c7ccccc7c7cc8cc(-n9c%10ccccc%10c%10ccccc%109)ccc8cc76)c6ccccc56)nc5ccccc45)ccc-2c13.c1ccc2cc3c(cc2c1)c1c(-n2c4ccccc4c4ccccc42)cccc1n3-c1ccc(-c2nc(-c3ccc4c5ccccc5c5ccccc5c4c3)c3ccccc3n2)cc1. The summed E-state index contributed by atoms with van der Waals surface area (Å²) in [6, 6.07) is 159. The molecule has 0 aliphatic heterocycles. The molecule has 0 amide bonds. The molecule has 6 heterocycles. The van der Waals surface area contributed by atoms with Crippen LogP contribution in [0.4, 0.5) is 0 Å². The first-order valence-electron chi connectivity index (χ1n) is 44.6. The van der Waals surface area contributed by atoms with E-state index in [9.17, 15) is 0 Å². The number of hydrogen-bond donors (Lipinski definition) is 0. The molecule has 0 saturated carbocycles. The molecule has 0 bridgehead atoms. The normalized spacial score (nSPS) is 12.2. The van der Waals surface area contributed by atoms with Gasteiger partial charge in [0.25, 0.3) is 0 Å². The quantitative estimate of drug-likeness (QED) is 0.142. The number of aromatic nitrogens is 8. The van der Waals surface area contributed by atoms with Gasteiger partial charge in [0.1, 0.15) is 0 Å². The standard InChI is InChI=1S/C62H36N4.C60H36N4/c1-2-15-41-40(14-1)47-22-13-23-48-50(31-30-49(41)60(47)48)61-52-21-5-9-24-54(52)63-62(64-61)51-32-33-58(43-17-4-3-16-42(43)51)66-57-27-12-8-20-46(57)53-35-38-34-39(29-28-37(38)36-59(53)66)65-55-25-10-6-18-44(55)45-19-7-11-26-56(45)65;1-2-15-39-36-57-51(34-38(39)14-1)58-55(26-13-27-56(58)64-53-24-11-8-20-47(53)48-21-9-12-25-54(48)64)63(57)41-31-28-37(29-32-41)60-61-52-23-10-7-22-49(52)59(62-60)40-30-33-46-44-18-4-3-16-42(44)43-17-5-6-19-45(43)50(46)35-40/h1-36H;1-36H. The Morgan fingerprint density at radius 1 is 0.154 bits per heavy atom. The van der Waals surface area contributed by atoms with E-state index < -0.39 is 0 Å². The van der Waals surface area contributed by atoms with Crippen LogP contribution < -0.4 is 0 Å². The third-order valence-electron chi connectivity index (χ3n) is 27.7. The largest absolute Gasteiger partial charge is 0.309 e. The zero-order valence-electron chi connectivity index (χ0n) is 70.1. The fraction of sp³-hybridized carbons (Fsp3) is 0. The Bertz CT molecular complexity index is 9610. The van der Waals surface area contributed by atoms with E-state index in [0.29, 0.717) is 11.6 Å². The summed E-state index contributed by atoms with van der Waals surface area (Å²) in [7, 11) is 0. The number of para-hydroxylation sites is 7. The molecule has 130 heavy (non-hydrogen) atoms. The van der Waals surface area contributed by atoms with Crippen molar-refractivity contribution in [1.29, 1.82) is 0 Å². The average Bonchev–Trinajstić information content (AvgIpc) is 1.50. The summed E-state index contributed by atoms with van der Waals surface area (Å²) in [5.74, 6) is 1.41. The van der Waals surface area contributed by atoms with Gasteiger partial charge in [0.05, 0.1) is 77.9 Å². The highest BCUT2D eigenvalue weighted by Crippen LogP contribution is 2.52. The highest BCUT2D eigenvalue weighted by atomic mass is 15.0. The molecule has 0 radical (unpaired) electrons. The van der Waals surface area contributed by atoms with E-state index in [-0.39, 0.29) is 0 Å². The highest BCUT2D eigenvalue weighted by molar-refractivity contribution is 6.27. The molecular formula is C122H72N8. The molecule has 8 nitrogen and oxygen atoms in total. The third-order valence-corrected chi connectivity index (χ3v) is 27.7. The summed E-state index contributed by atoms with van der Waals surface area (Å²) in [5, 5.41) is 29.1. The maximum absolute atomic E-state index is 5.54. The van der Waals surface area contributed by atoms with Gasteiger partial charge in [0.2, 0.25) is 0 Å². The predicted octanol–water partition coefficient (Wildman–Crippen LogP) is 32.0. The van der Waals surface area contributed by atoms with Crippen molar-refractivity contribution in [2.45, 2.75) is 0 Å². The van der Waals surface area contributed by atoms with Crippen molar-refractivity contribution in [1.82, 2.24) is 38.2 Å². The lowest BCUT2D eigenvalue weighted by atomic mass is 9.92.